The zero-order valence-electron chi connectivity index (χ0n) is 21.3. The Kier molecular flexibility index (Phi) is 5.11. The molecule has 0 aliphatic carbocycles. The van der Waals surface area contributed by atoms with E-state index in [0.717, 1.165) is 0 Å². The van der Waals surface area contributed by atoms with Gasteiger partial charge in [-0.15, -0.1) is 11.3 Å². The van der Waals surface area contributed by atoms with Crippen molar-refractivity contribution < 1.29 is 0 Å². The van der Waals surface area contributed by atoms with Crippen LogP contribution in [0.3, 0.4) is 0 Å². The van der Waals surface area contributed by atoms with Gasteiger partial charge in [-0.1, -0.05) is 115 Å². The van der Waals surface area contributed by atoms with Crippen LogP contribution in [0.25, 0.3) is 75.8 Å². The molecule has 1 aromatic heterocycles. The number of hydrogen-bond acceptors (Lipinski definition) is 1. The van der Waals surface area contributed by atoms with E-state index in [4.69, 9.17) is 0 Å². The van der Waals surface area contributed by atoms with E-state index in [1.807, 2.05) is 0 Å². The first-order valence-corrected chi connectivity index (χ1v) is 14.2. The predicted molar refractivity (Wildman–Crippen MR) is 171 cm³/mol. The molecule has 0 nitrogen and oxygen atoms in total. The van der Waals surface area contributed by atoms with Gasteiger partial charge >= 0.3 is 0 Å². The highest BCUT2D eigenvalue weighted by Crippen LogP contribution is 2.45. The van der Waals surface area contributed by atoms with Crippen molar-refractivity contribution in [1.82, 2.24) is 0 Å². The number of rotatable bonds is 3. The second-order valence-electron chi connectivity index (χ2n) is 10.2. The molecule has 39 heavy (non-hydrogen) atoms. The fourth-order valence-corrected chi connectivity index (χ4v) is 6.81. The fraction of sp³-hybridized carbons (Fsp3) is 0. The molecule has 0 radical (unpaired) electrons. The van der Waals surface area contributed by atoms with Crippen LogP contribution in [0, 0.1) is 0 Å². The zero-order valence-corrected chi connectivity index (χ0v) is 22.1. The summed E-state index contributed by atoms with van der Waals surface area (Å²) in [5.41, 5.74) is 6.37. The number of hydrogen-bond donors (Lipinski definition) is 0. The largest absolute Gasteiger partial charge is 0.144 e. The lowest BCUT2D eigenvalue weighted by atomic mass is 9.84. The maximum absolute atomic E-state index is 2.41. The van der Waals surface area contributed by atoms with Gasteiger partial charge in [-0.25, -0.2) is 0 Å². The van der Waals surface area contributed by atoms with Crippen molar-refractivity contribution in [3.8, 4) is 32.7 Å². The fourth-order valence-electron chi connectivity index (χ4n) is 6.09. The summed E-state index contributed by atoms with van der Waals surface area (Å²) < 4.78 is 0. The lowest BCUT2D eigenvalue weighted by molar-refractivity contribution is 1.68. The number of benzene rings is 7. The second kappa shape index (κ2) is 8.94. The van der Waals surface area contributed by atoms with Crippen LogP contribution in [0.5, 0.6) is 0 Å². The standard InChI is InChI=1S/C38H24S/c1-3-10-27-22-30(17-15-25(27)8-1)37-32-12-5-6-13-33(32)38(31-18-16-26-9-2-4-11-28(26)23-31)35-24-29(19-20-34(35)37)36-14-7-21-39-36/h1-24H. The van der Waals surface area contributed by atoms with Crippen LogP contribution in [-0.4, -0.2) is 0 Å². The molecule has 182 valence electrons. The van der Waals surface area contributed by atoms with E-state index in [-0.39, 0.29) is 0 Å². The molecule has 0 aliphatic rings. The van der Waals surface area contributed by atoms with Crippen molar-refractivity contribution in [3.05, 3.63) is 145 Å². The molecule has 8 rings (SSSR count). The highest BCUT2D eigenvalue weighted by Gasteiger charge is 2.18. The van der Waals surface area contributed by atoms with Gasteiger partial charge in [-0.2, -0.15) is 0 Å². The molecule has 0 bridgehead atoms. The van der Waals surface area contributed by atoms with Crippen LogP contribution in [0.4, 0.5) is 0 Å². The van der Waals surface area contributed by atoms with Crippen LogP contribution >= 0.6 is 11.3 Å². The summed E-state index contributed by atoms with van der Waals surface area (Å²) in [5.74, 6) is 0. The van der Waals surface area contributed by atoms with Crippen molar-refractivity contribution >= 4 is 54.4 Å². The Morgan fingerprint density at radius 2 is 0.846 bits per heavy atom. The minimum absolute atomic E-state index is 1.25. The minimum Gasteiger partial charge on any atom is -0.144 e. The maximum atomic E-state index is 2.41. The monoisotopic (exact) mass is 512 g/mol. The lowest BCUT2D eigenvalue weighted by Crippen LogP contribution is -1.92. The minimum atomic E-state index is 1.25. The third-order valence-corrected chi connectivity index (χ3v) is 8.82. The molecule has 8 aromatic rings. The summed E-state index contributed by atoms with van der Waals surface area (Å²) in [4.78, 5) is 1.29. The molecule has 0 saturated heterocycles. The SMILES string of the molecule is c1csc(-c2ccc3c(-c4ccc5ccccc5c4)c4ccccc4c(-c4ccc5ccccc5c4)c3c2)c1. The first-order chi connectivity index (χ1) is 19.3. The Balaban J connectivity index is 1.52. The molecule has 0 N–H and O–H groups in total. The topological polar surface area (TPSA) is 0 Å². The van der Waals surface area contributed by atoms with E-state index in [9.17, 15) is 0 Å². The Morgan fingerprint density at radius 1 is 0.333 bits per heavy atom. The number of fused-ring (bicyclic) bond motifs is 4. The van der Waals surface area contributed by atoms with E-state index < -0.39 is 0 Å². The summed E-state index contributed by atoms with van der Waals surface area (Å²) in [6.07, 6.45) is 0. The molecule has 0 fully saturated rings. The molecular weight excluding hydrogens is 488 g/mol. The molecular formula is C38H24S. The first kappa shape index (κ1) is 22.3. The van der Waals surface area contributed by atoms with Crippen LogP contribution < -0.4 is 0 Å². The predicted octanol–water partition coefficient (Wildman–Crippen LogP) is 11.4. The van der Waals surface area contributed by atoms with Crippen molar-refractivity contribution in [3.63, 3.8) is 0 Å². The Bertz CT molecular complexity index is 2170. The van der Waals surface area contributed by atoms with E-state index >= 15 is 0 Å². The summed E-state index contributed by atoms with van der Waals surface area (Å²) in [5, 5.41) is 12.4. The molecule has 1 heteroatoms. The average Bonchev–Trinajstić information content (AvgIpc) is 3.54. The van der Waals surface area contributed by atoms with Gasteiger partial charge in [-0.3, -0.25) is 0 Å². The van der Waals surface area contributed by atoms with Crippen molar-refractivity contribution in [2.45, 2.75) is 0 Å². The lowest BCUT2D eigenvalue weighted by Gasteiger charge is -2.19. The third-order valence-electron chi connectivity index (χ3n) is 7.91. The Morgan fingerprint density at radius 3 is 1.44 bits per heavy atom. The quantitative estimate of drug-likeness (QED) is 0.207. The molecule has 0 atom stereocenters. The second-order valence-corrected chi connectivity index (χ2v) is 11.1. The van der Waals surface area contributed by atoms with Gasteiger partial charge in [0.1, 0.15) is 0 Å². The Labute approximate surface area is 231 Å². The highest BCUT2D eigenvalue weighted by atomic mass is 32.1. The van der Waals surface area contributed by atoms with Gasteiger partial charge in [-0.05, 0) is 101 Å². The molecule has 0 spiro atoms. The molecule has 0 unspecified atom stereocenters. The summed E-state index contributed by atoms with van der Waals surface area (Å²) >= 11 is 1.79. The molecule has 0 aliphatic heterocycles. The molecule has 0 saturated carbocycles. The van der Waals surface area contributed by atoms with Gasteiger partial charge in [0.2, 0.25) is 0 Å². The van der Waals surface area contributed by atoms with E-state index in [2.05, 4.69) is 145 Å². The summed E-state index contributed by atoms with van der Waals surface area (Å²) in [6, 6.07) is 51.3. The van der Waals surface area contributed by atoms with Crippen LogP contribution in [0.15, 0.2) is 145 Å². The first-order valence-electron chi connectivity index (χ1n) is 13.3. The average molecular weight is 513 g/mol. The zero-order chi connectivity index (χ0) is 25.8. The summed E-state index contributed by atoms with van der Waals surface area (Å²) in [7, 11) is 0. The van der Waals surface area contributed by atoms with E-state index in [0.29, 0.717) is 0 Å². The normalized spacial score (nSPS) is 11.6. The third kappa shape index (κ3) is 3.66. The number of thiophene rings is 1. The summed E-state index contributed by atoms with van der Waals surface area (Å²) in [6.45, 7) is 0. The Hall–Kier alpha value is -4.72. The van der Waals surface area contributed by atoms with E-state index in [1.165, 1.54) is 75.8 Å². The van der Waals surface area contributed by atoms with Crippen molar-refractivity contribution in [1.29, 1.82) is 0 Å². The van der Waals surface area contributed by atoms with Crippen LogP contribution in [-0.2, 0) is 0 Å². The molecule has 0 amide bonds. The van der Waals surface area contributed by atoms with E-state index in [1.54, 1.807) is 11.3 Å². The van der Waals surface area contributed by atoms with Gasteiger partial charge in [0.15, 0.2) is 0 Å². The van der Waals surface area contributed by atoms with Gasteiger partial charge in [0, 0.05) is 4.88 Å². The van der Waals surface area contributed by atoms with Crippen molar-refractivity contribution in [2.75, 3.05) is 0 Å². The van der Waals surface area contributed by atoms with Crippen LogP contribution in [0.2, 0.25) is 0 Å². The van der Waals surface area contributed by atoms with Crippen molar-refractivity contribution in [2.24, 2.45) is 0 Å². The molecule has 7 aromatic carbocycles. The van der Waals surface area contributed by atoms with Gasteiger partial charge in [0.05, 0.1) is 0 Å². The molecule has 1 heterocycles. The highest BCUT2D eigenvalue weighted by molar-refractivity contribution is 7.13. The van der Waals surface area contributed by atoms with Crippen LogP contribution in [0.1, 0.15) is 0 Å². The van der Waals surface area contributed by atoms with Gasteiger partial charge < -0.3 is 0 Å². The smallest absolute Gasteiger partial charge is 0.0342 e. The van der Waals surface area contributed by atoms with Gasteiger partial charge in [0.25, 0.3) is 0 Å². The maximum Gasteiger partial charge on any atom is 0.0342 e.